The molecular weight excluding hydrogens is 284 g/mol. The standard InChI is InChI=1S/C16H24N2O2S/c1-4-11-17-14-15-7-9-16(10-8-15)21(19,20)18(12-5-2)13-6-3/h5-10,17H,2-4,11-14H2,1H3. The van der Waals surface area contributed by atoms with Crippen molar-refractivity contribution in [1.29, 1.82) is 0 Å². The Labute approximate surface area is 128 Å². The highest BCUT2D eigenvalue weighted by atomic mass is 32.2. The van der Waals surface area contributed by atoms with Crippen molar-refractivity contribution in [3.8, 4) is 0 Å². The first-order valence-electron chi connectivity index (χ1n) is 7.07. The molecule has 4 nitrogen and oxygen atoms in total. The smallest absolute Gasteiger partial charge is 0.243 e. The van der Waals surface area contributed by atoms with E-state index in [0.29, 0.717) is 4.90 Å². The average Bonchev–Trinajstić information content (AvgIpc) is 2.48. The molecule has 0 fully saturated rings. The summed E-state index contributed by atoms with van der Waals surface area (Å²) in [6.07, 6.45) is 4.22. The van der Waals surface area contributed by atoms with E-state index in [-0.39, 0.29) is 13.1 Å². The normalized spacial score (nSPS) is 11.5. The Balaban J connectivity index is 2.87. The van der Waals surface area contributed by atoms with Gasteiger partial charge in [-0.2, -0.15) is 4.31 Å². The zero-order valence-corrected chi connectivity index (χ0v) is 13.4. The Hall–Kier alpha value is -1.43. The number of benzene rings is 1. The summed E-state index contributed by atoms with van der Waals surface area (Å²) >= 11 is 0. The van der Waals surface area contributed by atoms with Crippen LogP contribution >= 0.6 is 0 Å². The molecule has 0 unspecified atom stereocenters. The topological polar surface area (TPSA) is 49.4 Å². The summed E-state index contributed by atoms with van der Waals surface area (Å²) in [7, 11) is -3.50. The molecule has 0 bridgehead atoms. The van der Waals surface area contributed by atoms with E-state index in [4.69, 9.17) is 0 Å². The van der Waals surface area contributed by atoms with E-state index in [0.717, 1.165) is 25.1 Å². The monoisotopic (exact) mass is 308 g/mol. The van der Waals surface area contributed by atoms with Crippen molar-refractivity contribution in [2.24, 2.45) is 0 Å². The zero-order chi connectivity index (χ0) is 15.7. The number of sulfonamides is 1. The van der Waals surface area contributed by atoms with Crippen LogP contribution in [-0.4, -0.2) is 32.4 Å². The van der Waals surface area contributed by atoms with Crippen molar-refractivity contribution in [3.05, 3.63) is 55.1 Å². The van der Waals surface area contributed by atoms with Crippen LogP contribution in [0.3, 0.4) is 0 Å². The van der Waals surface area contributed by atoms with Gasteiger partial charge in [-0.15, -0.1) is 13.2 Å². The fourth-order valence-corrected chi connectivity index (χ4v) is 3.28. The molecule has 5 heteroatoms. The number of nitrogens with one attached hydrogen (secondary N) is 1. The molecular formula is C16H24N2O2S. The van der Waals surface area contributed by atoms with E-state index in [9.17, 15) is 8.42 Å². The third-order valence-electron chi connectivity index (χ3n) is 2.98. The average molecular weight is 308 g/mol. The summed E-state index contributed by atoms with van der Waals surface area (Å²) in [6.45, 7) is 11.5. The fraction of sp³-hybridized carbons (Fsp3) is 0.375. The van der Waals surface area contributed by atoms with Gasteiger partial charge in [0.15, 0.2) is 0 Å². The number of hydrogen-bond donors (Lipinski definition) is 1. The summed E-state index contributed by atoms with van der Waals surface area (Å²) in [5.41, 5.74) is 1.07. The quantitative estimate of drug-likeness (QED) is 0.534. The molecule has 21 heavy (non-hydrogen) atoms. The fourth-order valence-electron chi connectivity index (χ4n) is 1.90. The van der Waals surface area contributed by atoms with E-state index in [1.165, 1.54) is 4.31 Å². The van der Waals surface area contributed by atoms with Crippen LogP contribution in [0, 0.1) is 0 Å². The summed E-state index contributed by atoms with van der Waals surface area (Å²) < 4.78 is 26.3. The highest BCUT2D eigenvalue weighted by Crippen LogP contribution is 2.16. The van der Waals surface area contributed by atoms with E-state index in [2.05, 4.69) is 25.4 Å². The summed E-state index contributed by atoms with van der Waals surface area (Å²) in [5.74, 6) is 0. The van der Waals surface area contributed by atoms with Gasteiger partial charge >= 0.3 is 0 Å². The van der Waals surface area contributed by atoms with Gasteiger partial charge in [-0.1, -0.05) is 31.2 Å². The number of hydrogen-bond acceptors (Lipinski definition) is 3. The Morgan fingerprint density at radius 2 is 1.71 bits per heavy atom. The molecule has 0 amide bonds. The van der Waals surface area contributed by atoms with Crippen molar-refractivity contribution in [2.45, 2.75) is 24.8 Å². The van der Waals surface area contributed by atoms with Gasteiger partial charge in [0.2, 0.25) is 10.0 Å². The second-order valence-electron chi connectivity index (χ2n) is 4.72. The van der Waals surface area contributed by atoms with Gasteiger partial charge in [-0.3, -0.25) is 0 Å². The van der Waals surface area contributed by atoms with E-state index < -0.39 is 10.0 Å². The van der Waals surface area contributed by atoms with Gasteiger partial charge in [0, 0.05) is 19.6 Å². The Morgan fingerprint density at radius 3 is 2.19 bits per heavy atom. The molecule has 0 atom stereocenters. The van der Waals surface area contributed by atoms with E-state index >= 15 is 0 Å². The van der Waals surface area contributed by atoms with Crippen LogP contribution in [0.15, 0.2) is 54.5 Å². The van der Waals surface area contributed by atoms with Crippen LogP contribution in [0.25, 0.3) is 0 Å². The lowest BCUT2D eigenvalue weighted by Crippen LogP contribution is -2.31. The predicted molar refractivity (Wildman–Crippen MR) is 87.6 cm³/mol. The molecule has 1 rings (SSSR count). The molecule has 0 aliphatic carbocycles. The maximum Gasteiger partial charge on any atom is 0.243 e. The first-order valence-corrected chi connectivity index (χ1v) is 8.51. The van der Waals surface area contributed by atoms with Crippen molar-refractivity contribution >= 4 is 10.0 Å². The number of nitrogens with zero attached hydrogens (tertiary/aromatic N) is 1. The van der Waals surface area contributed by atoms with Crippen molar-refractivity contribution < 1.29 is 8.42 Å². The lowest BCUT2D eigenvalue weighted by Gasteiger charge is -2.19. The van der Waals surface area contributed by atoms with Gasteiger partial charge in [0.25, 0.3) is 0 Å². The van der Waals surface area contributed by atoms with Gasteiger partial charge in [-0.25, -0.2) is 8.42 Å². The minimum absolute atomic E-state index is 0.272. The van der Waals surface area contributed by atoms with Gasteiger partial charge in [0.1, 0.15) is 0 Å². The Morgan fingerprint density at radius 1 is 1.14 bits per heavy atom. The third-order valence-corrected chi connectivity index (χ3v) is 4.83. The molecule has 0 aromatic heterocycles. The molecule has 1 aromatic carbocycles. The second kappa shape index (κ2) is 8.77. The van der Waals surface area contributed by atoms with Crippen molar-refractivity contribution in [3.63, 3.8) is 0 Å². The van der Waals surface area contributed by atoms with Gasteiger partial charge in [0.05, 0.1) is 4.90 Å². The molecule has 1 N–H and O–H groups in total. The zero-order valence-electron chi connectivity index (χ0n) is 12.6. The maximum absolute atomic E-state index is 12.5. The van der Waals surface area contributed by atoms with Gasteiger partial charge in [-0.05, 0) is 30.7 Å². The first kappa shape index (κ1) is 17.6. The lowest BCUT2D eigenvalue weighted by molar-refractivity contribution is 0.474. The Kier molecular flexibility index (Phi) is 7.36. The molecule has 0 aliphatic rings. The van der Waals surface area contributed by atoms with Gasteiger partial charge < -0.3 is 5.32 Å². The summed E-state index contributed by atoms with van der Waals surface area (Å²) in [6, 6.07) is 6.99. The lowest BCUT2D eigenvalue weighted by atomic mass is 10.2. The Bertz CT molecular complexity index is 540. The van der Waals surface area contributed by atoms with E-state index in [1.54, 1.807) is 24.3 Å². The molecule has 116 valence electrons. The van der Waals surface area contributed by atoms with Crippen LogP contribution in [0.5, 0.6) is 0 Å². The summed E-state index contributed by atoms with van der Waals surface area (Å²) in [4.78, 5) is 0.297. The van der Waals surface area contributed by atoms with E-state index in [1.807, 2.05) is 12.1 Å². The minimum atomic E-state index is -3.50. The largest absolute Gasteiger partial charge is 0.313 e. The molecule has 0 heterocycles. The van der Waals surface area contributed by atoms with Crippen LogP contribution in [0.2, 0.25) is 0 Å². The van der Waals surface area contributed by atoms with Crippen LogP contribution < -0.4 is 5.32 Å². The van der Waals surface area contributed by atoms with Crippen molar-refractivity contribution in [2.75, 3.05) is 19.6 Å². The first-order chi connectivity index (χ1) is 10.1. The maximum atomic E-state index is 12.5. The molecule has 1 aromatic rings. The highest BCUT2D eigenvalue weighted by Gasteiger charge is 2.21. The summed E-state index contributed by atoms with van der Waals surface area (Å²) in [5, 5.41) is 3.29. The third kappa shape index (κ3) is 5.12. The SMILES string of the molecule is C=CCN(CC=C)S(=O)(=O)c1ccc(CNCCC)cc1. The predicted octanol–water partition coefficient (Wildman–Crippen LogP) is 2.55. The van der Waals surface area contributed by atoms with Crippen LogP contribution in [0.4, 0.5) is 0 Å². The van der Waals surface area contributed by atoms with Crippen molar-refractivity contribution in [1.82, 2.24) is 9.62 Å². The molecule has 0 aliphatic heterocycles. The highest BCUT2D eigenvalue weighted by molar-refractivity contribution is 7.89. The molecule has 0 saturated carbocycles. The van der Waals surface area contributed by atoms with Crippen LogP contribution in [0.1, 0.15) is 18.9 Å². The minimum Gasteiger partial charge on any atom is -0.313 e. The molecule has 0 spiro atoms. The number of rotatable bonds is 10. The van der Waals surface area contributed by atoms with Crippen LogP contribution in [-0.2, 0) is 16.6 Å². The molecule has 0 saturated heterocycles. The second-order valence-corrected chi connectivity index (χ2v) is 6.66. The molecule has 0 radical (unpaired) electrons.